The highest BCUT2D eigenvalue weighted by Crippen LogP contribution is 2.12. The van der Waals surface area contributed by atoms with Gasteiger partial charge in [0.2, 0.25) is 0 Å². The summed E-state index contributed by atoms with van der Waals surface area (Å²) in [6.45, 7) is 2.78. The van der Waals surface area contributed by atoms with Crippen LogP contribution in [0.1, 0.15) is 18.1 Å². The Bertz CT molecular complexity index is 434. The number of hydrogen-bond acceptors (Lipinski definition) is 2. The second-order valence-electron chi connectivity index (χ2n) is 3.32. The van der Waals surface area contributed by atoms with Crippen molar-refractivity contribution < 1.29 is 4.74 Å². The fraction of sp³-hybridized carbons (Fsp3) is 0.364. The van der Waals surface area contributed by atoms with Gasteiger partial charge in [-0.15, -0.1) is 0 Å². The summed E-state index contributed by atoms with van der Waals surface area (Å²) in [5, 5.41) is 4.29. The van der Waals surface area contributed by atoms with Gasteiger partial charge in [0.15, 0.2) is 0 Å². The molecule has 0 saturated heterocycles. The summed E-state index contributed by atoms with van der Waals surface area (Å²) in [6.07, 6.45) is 4.96. The van der Waals surface area contributed by atoms with Crippen LogP contribution >= 0.6 is 0 Å². The summed E-state index contributed by atoms with van der Waals surface area (Å²) >= 11 is 0. The van der Waals surface area contributed by atoms with Crippen LogP contribution in [0.3, 0.4) is 0 Å². The molecule has 2 aromatic heterocycles. The van der Waals surface area contributed by atoms with E-state index in [0.29, 0.717) is 6.61 Å². The largest absolute Gasteiger partial charge is 0.380 e. The second-order valence-corrected chi connectivity index (χ2v) is 3.32. The van der Waals surface area contributed by atoms with Gasteiger partial charge in [-0.25, -0.2) is 4.52 Å². The van der Waals surface area contributed by atoms with Gasteiger partial charge < -0.3 is 4.74 Å². The van der Waals surface area contributed by atoms with Crippen molar-refractivity contribution in [1.82, 2.24) is 9.61 Å². The van der Waals surface area contributed by atoms with Gasteiger partial charge in [0.25, 0.3) is 0 Å². The lowest BCUT2D eigenvalue weighted by Gasteiger charge is -2.00. The number of nitrogens with zero attached hydrogens (tertiary/aromatic N) is 2. The number of pyridine rings is 1. The molecule has 0 aliphatic carbocycles. The minimum atomic E-state index is 0.636. The van der Waals surface area contributed by atoms with E-state index in [0.717, 1.165) is 12.0 Å². The van der Waals surface area contributed by atoms with Crippen molar-refractivity contribution in [3.05, 3.63) is 35.7 Å². The second kappa shape index (κ2) is 3.80. The first-order chi connectivity index (χ1) is 6.85. The van der Waals surface area contributed by atoms with Gasteiger partial charge in [0, 0.05) is 13.3 Å². The van der Waals surface area contributed by atoms with E-state index in [-0.39, 0.29) is 0 Å². The first-order valence-corrected chi connectivity index (χ1v) is 4.79. The van der Waals surface area contributed by atoms with Gasteiger partial charge in [-0.1, -0.05) is 13.0 Å². The maximum Gasteiger partial charge on any atom is 0.0728 e. The van der Waals surface area contributed by atoms with Crippen molar-refractivity contribution >= 4 is 5.52 Å². The normalized spacial score (nSPS) is 11.0. The minimum absolute atomic E-state index is 0.636. The molecule has 0 spiro atoms. The number of aryl methyl sites for hydroxylation is 1. The average Bonchev–Trinajstić information content (AvgIpc) is 2.60. The highest BCUT2D eigenvalue weighted by molar-refractivity contribution is 5.54. The number of rotatable bonds is 3. The lowest BCUT2D eigenvalue weighted by atomic mass is 10.2. The van der Waals surface area contributed by atoms with E-state index in [1.165, 1.54) is 11.1 Å². The Balaban J connectivity index is 2.46. The van der Waals surface area contributed by atoms with Crippen molar-refractivity contribution in [3.8, 4) is 0 Å². The fourth-order valence-electron chi connectivity index (χ4n) is 1.60. The molecule has 2 aromatic rings. The SMILES string of the molecule is CCc1cnn2cc(COC)ccc12. The zero-order chi connectivity index (χ0) is 9.97. The molecular formula is C11H14N2O. The summed E-state index contributed by atoms with van der Waals surface area (Å²) in [7, 11) is 1.70. The molecule has 0 radical (unpaired) electrons. The zero-order valence-electron chi connectivity index (χ0n) is 8.53. The number of ether oxygens (including phenoxy) is 1. The van der Waals surface area contributed by atoms with E-state index in [2.05, 4.69) is 24.2 Å². The van der Waals surface area contributed by atoms with Gasteiger partial charge in [-0.3, -0.25) is 0 Å². The summed E-state index contributed by atoms with van der Waals surface area (Å²) in [6, 6.07) is 4.18. The third-order valence-electron chi connectivity index (χ3n) is 2.35. The summed E-state index contributed by atoms with van der Waals surface area (Å²) < 4.78 is 6.98. The molecule has 2 heterocycles. The van der Waals surface area contributed by atoms with E-state index >= 15 is 0 Å². The highest BCUT2D eigenvalue weighted by Gasteiger charge is 2.01. The van der Waals surface area contributed by atoms with Gasteiger partial charge in [-0.2, -0.15) is 5.10 Å². The topological polar surface area (TPSA) is 26.5 Å². The van der Waals surface area contributed by atoms with E-state index < -0.39 is 0 Å². The number of methoxy groups -OCH3 is 1. The van der Waals surface area contributed by atoms with Crippen LogP contribution in [0.25, 0.3) is 5.52 Å². The minimum Gasteiger partial charge on any atom is -0.380 e. The number of fused-ring (bicyclic) bond motifs is 1. The molecule has 0 amide bonds. The van der Waals surface area contributed by atoms with E-state index in [9.17, 15) is 0 Å². The molecule has 0 aliphatic heterocycles. The van der Waals surface area contributed by atoms with Crippen LogP contribution < -0.4 is 0 Å². The zero-order valence-corrected chi connectivity index (χ0v) is 8.53. The Kier molecular flexibility index (Phi) is 2.50. The average molecular weight is 190 g/mol. The van der Waals surface area contributed by atoms with Crippen LogP contribution in [0.4, 0.5) is 0 Å². The monoisotopic (exact) mass is 190 g/mol. The van der Waals surface area contributed by atoms with Crippen molar-refractivity contribution in [3.63, 3.8) is 0 Å². The maximum atomic E-state index is 5.07. The van der Waals surface area contributed by atoms with Crippen molar-refractivity contribution in [2.45, 2.75) is 20.0 Å². The molecule has 3 nitrogen and oxygen atoms in total. The Morgan fingerprint density at radius 1 is 1.43 bits per heavy atom. The van der Waals surface area contributed by atoms with Crippen LogP contribution in [0.2, 0.25) is 0 Å². The maximum absolute atomic E-state index is 5.07. The van der Waals surface area contributed by atoms with Gasteiger partial charge >= 0.3 is 0 Å². The van der Waals surface area contributed by atoms with Crippen LogP contribution in [-0.4, -0.2) is 16.7 Å². The van der Waals surface area contributed by atoms with Crippen molar-refractivity contribution in [1.29, 1.82) is 0 Å². The number of aromatic nitrogens is 2. The summed E-state index contributed by atoms with van der Waals surface area (Å²) in [4.78, 5) is 0. The Hall–Kier alpha value is -1.35. The van der Waals surface area contributed by atoms with Crippen molar-refractivity contribution in [2.75, 3.05) is 7.11 Å². The molecule has 3 heteroatoms. The molecule has 0 aromatic carbocycles. The van der Waals surface area contributed by atoms with Gasteiger partial charge in [0.1, 0.15) is 0 Å². The lowest BCUT2D eigenvalue weighted by molar-refractivity contribution is 0.184. The predicted octanol–water partition coefficient (Wildman–Crippen LogP) is 2.04. The molecule has 14 heavy (non-hydrogen) atoms. The van der Waals surface area contributed by atoms with Crippen LogP contribution in [0.15, 0.2) is 24.5 Å². The molecule has 0 saturated carbocycles. The molecule has 74 valence electrons. The van der Waals surface area contributed by atoms with Crippen LogP contribution in [-0.2, 0) is 17.8 Å². The predicted molar refractivity (Wildman–Crippen MR) is 55.3 cm³/mol. The van der Waals surface area contributed by atoms with Gasteiger partial charge in [-0.05, 0) is 23.6 Å². The van der Waals surface area contributed by atoms with Crippen LogP contribution in [0.5, 0.6) is 0 Å². The van der Waals surface area contributed by atoms with Crippen molar-refractivity contribution in [2.24, 2.45) is 0 Å². The first-order valence-electron chi connectivity index (χ1n) is 4.79. The molecule has 0 N–H and O–H groups in total. The Morgan fingerprint density at radius 2 is 2.29 bits per heavy atom. The fourth-order valence-corrected chi connectivity index (χ4v) is 1.60. The third-order valence-corrected chi connectivity index (χ3v) is 2.35. The molecule has 2 rings (SSSR count). The highest BCUT2D eigenvalue weighted by atomic mass is 16.5. The molecule has 0 atom stereocenters. The van der Waals surface area contributed by atoms with Gasteiger partial charge in [0.05, 0.1) is 18.3 Å². The molecular weight excluding hydrogens is 176 g/mol. The van der Waals surface area contributed by atoms with Crippen LogP contribution in [0, 0.1) is 0 Å². The smallest absolute Gasteiger partial charge is 0.0728 e. The van der Waals surface area contributed by atoms with E-state index in [1.54, 1.807) is 7.11 Å². The van der Waals surface area contributed by atoms with E-state index in [1.807, 2.05) is 16.9 Å². The molecule has 0 bridgehead atoms. The Morgan fingerprint density at radius 3 is 3.00 bits per heavy atom. The quantitative estimate of drug-likeness (QED) is 0.740. The van der Waals surface area contributed by atoms with E-state index in [4.69, 9.17) is 4.74 Å². The molecule has 0 aliphatic rings. The summed E-state index contributed by atoms with van der Waals surface area (Å²) in [5.74, 6) is 0. The lowest BCUT2D eigenvalue weighted by Crippen LogP contribution is -1.93. The third kappa shape index (κ3) is 1.51. The first kappa shape index (κ1) is 9.21. The standard InChI is InChI=1S/C11H14N2O/c1-3-10-6-12-13-7-9(8-14-2)4-5-11(10)13/h4-7H,3,8H2,1-2H3. The molecule has 0 fully saturated rings. The summed E-state index contributed by atoms with van der Waals surface area (Å²) in [5.41, 5.74) is 3.62. The number of hydrogen-bond donors (Lipinski definition) is 0. The molecule has 0 unspecified atom stereocenters. The Labute approximate surface area is 83.3 Å².